The van der Waals surface area contributed by atoms with Crippen LogP contribution in [0.5, 0.6) is 5.88 Å². The number of carbonyl (C=O) groups is 1. The first-order valence-corrected chi connectivity index (χ1v) is 7.22. The topological polar surface area (TPSA) is 53.4 Å². The molecule has 1 aromatic carbocycles. The van der Waals surface area contributed by atoms with Gasteiger partial charge in [-0.15, -0.1) is 5.10 Å². The number of hydrogen-bond donors (Lipinski definition) is 0. The van der Waals surface area contributed by atoms with E-state index < -0.39 is 12.4 Å². The normalized spacial score (nSPS) is 10.8. The van der Waals surface area contributed by atoms with Crippen molar-refractivity contribution in [3.05, 3.63) is 47.2 Å². The molecule has 23 heavy (non-hydrogen) atoms. The van der Waals surface area contributed by atoms with Crippen molar-refractivity contribution in [1.29, 1.82) is 0 Å². The number of rotatable bonds is 7. The highest BCUT2D eigenvalue weighted by Crippen LogP contribution is 2.27. The van der Waals surface area contributed by atoms with Gasteiger partial charge in [-0.2, -0.15) is 0 Å². The van der Waals surface area contributed by atoms with E-state index in [1.54, 1.807) is 19.3 Å². The highest BCUT2D eigenvalue weighted by molar-refractivity contribution is 5.91. The minimum atomic E-state index is -2.71. The Morgan fingerprint density at radius 1 is 1.35 bits per heavy atom. The molecule has 0 saturated heterocycles. The van der Waals surface area contributed by atoms with Gasteiger partial charge >= 0.3 is 5.97 Å². The first-order valence-electron chi connectivity index (χ1n) is 7.22. The average Bonchev–Trinajstić information content (AvgIpc) is 2.95. The maximum Gasteiger partial charge on any atom is 0.338 e. The minimum absolute atomic E-state index is 0.0900. The molecule has 124 valence electrons. The minimum Gasteiger partial charge on any atom is -0.472 e. The largest absolute Gasteiger partial charge is 0.472 e. The van der Waals surface area contributed by atoms with E-state index in [1.165, 1.54) is 22.9 Å². The quantitative estimate of drug-likeness (QED) is 0.732. The summed E-state index contributed by atoms with van der Waals surface area (Å²) in [7, 11) is 1.72. The Morgan fingerprint density at radius 2 is 2.13 bits per heavy atom. The van der Waals surface area contributed by atoms with Gasteiger partial charge in [0, 0.05) is 30.4 Å². The molecule has 0 aliphatic heterocycles. The summed E-state index contributed by atoms with van der Waals surface area (Å²) >= 11 is 0. The molecule has 0 aliphatic rings. The van der Waals surface area contributed by atoms with E-state index in [9.17, 15) is 13.6 Å². The summed E-state index contributed by atoms with van der Waals surface area (Å²) in [4.78, 5) is 12.1. The number of halogens is 2. The summed E-state index contributed by atoms with van der Waals surface area (Å²) in [6.07, 6.45) is -0.388. The lowest BCUT2D eigenvalue weighted by Gasteiger charge is -2.14. The van der Waals surface area contributed by atoms with Crippen molar-refractivity contribution in [3.63, 3.8) is 0 Å². The lowest BCUT2D eigenvalue weighted by Crippen LogP contribution is -2.13. The van der Waals surface area contributed by atoms with Gasteiger partial charge in [-0.05, 0) is 12.5 Å². The van der Waals surface area contributed by atoms with Crippen LogP contribution in [0, 0.1) is 0 Å². The van der Waals surface area contributed by atoms with Crippen molar-refractivity contribution in [2.24, 2.45) is 7.05 Å². The van der Waals surface area contributed by atoms with Gasteiger partial charge in [-0.25, -0.2) is 13.6 Å². The van der Waals surface area contributed by atoms with Crippen LogP contribution in [0.2, 0.25) is 0 Å². The molecule has 2 aromatic rings. The molecule has 2 rings (SSSR count). The molecular formula is C16H18F2N2O3. The molecule has 0 atom stereocenters. The van der Waals surface area contributed by atoms with Crippen molar-refractivity contribution >= 4 is 5.97 Å². The summed E-state index contributed by atoms with van der Waals surface area (Å²) in [6, 6.07) is 5.76. The summed E-state index contributed by atoms with van der Waals surface area (Å²) < 4.78 is 38.5. The zero-order chi connectivity index (χ0) is 16.8. The summed E-state index contributed by atoms with van der Waals surface area (Å²) in [5.74, 6) is -0.335. The number of esters is 1. The first kappa shape index (κ1) is 16.9. The van der Waals surface area contributed by atoms with Crippen LogP contribution < -0.4 is 4.74 Å². The fraction of sp³-hybridized carbons (Fsp3) is 0.375. The van der Waals surface area contributed by atoms with Gasteiger partial charge in [0.25, 0.3) is 6.43 Å². The second kappa shape index (κ2) is 7.71. The fourth-order valence-electron chi connectivity index (χ4n) is 2.05. The molecule has 1 aromatic heterocycles. The molecule has 0 spiro atoms. The third-order valence-corrected chi connectivity index (χ3v) is 3.16. The van der Waals surface area contributed by atoms with Crippen molar-refractivity contribution in [1.82, 2.24) is 9.78 Å². The number of carbonyl (C=O) groups excluding carboxylic acids is 1. The molecule has 0 radical (unpaired) electrons. The Hall–Kier alpha value is -2.44. The number of aryl methyl sites for hydroxylation is 1. The molecule has 1 heterocycles. The monoisotopic (exact) mass is 324 g/mol. The van der Waals surface area contributed by atoms with E-state index in [-0.39, 0.29) is 29.9 Å². The van der Waals surface area contributed by atoms with Crippen LogP contribution in [0.3, 0.4) is 0 Å². The van der Waals surface area contributed by atoms with Crippen LogP contribution in [0.4, 0.5) is 8.78 Å². The highest BCUT2D eigenvalue weighted by atomic mass is 19.3. The van der Waals surface area contributed by atoms with Crippen molar-refractivity contribution in [2.45, 2.75) is 26.4 Å². The van der Waals surface area contributed by atoms with Crippen LogP contribution in [0.1, 0.15) is 41.3 Å². The maximum absolute atomic E-state index is 13.2. The van der Waals surface area contributed by atoms with E-state index in [0.29, 0.717) is 12.3 Å². The van der Waals surface area contributed by atoms with Gasteiger partial charge < -0.3 is 9.47 Å². The van der Waals surface area contributed by atoms with Crippen LogP contribution in [0.15, 0.2) is 30.5 Å². The summed E-state index contributed by atoms with van der Waals surface area (Å²) in [5, 5.41) is 4.02. The molecular weight excluding hydrogens is 306 g/mol. The van der Waals surface area contributed by atoms with Crippen LogP contribution in [0.25, 0.3) is 0 Å². The molecule has 0 bridgehead atoms. The third kappa shape index (κ3) is 4.28. The smallest absolute Gasteiger partial charge is 0.338 e. The first-order chi connectivity index (χ1) is 11.0. The Labute approximate surface area is 132 Å². The van der Waals surface area contributed by atoms with E-state index in [0.717, 1.165) is 0 Å². The number of ether oxygens (including phenoxy) is 2. The van der Waals surface area contributed by atoms with Crippen molar-refractivity contribution < 1.29 is 23.0 Å². The van der Waals surface area contributed by atoms with Gasteiger partial charge in [0.05, 0.1) is 12.2 Å². The summed E-state index contributed by atoms with van der Waals surface area (Å²) in [6.45, 7) is 1.90. The molecule has 0 saturated carbocycles. The molecule has 0 amide bonds. The fourth-order valence-corrected chi connectivity index (χ4v) is 2.05. The van der Waals surface area contributed by atoms with E-state index in [2.05, 4.69) is 5.10 Å². The number of nitrogens with zero attached hydrogens (tertiary/aromatic N) is 2. The van der Waals surface area contributed by atoms with E-state index in [1.807, 2.05) is 6.92 Å². The molecule has 5 nitrogen and oxygen atoms in total. The lowest BCUT2D eigenvalue weighted by molar-refractivity contribution is 0.0501. The molecule has 0 fully saturated rings. The van der Waals surface area contributed by atoms with E-state index >= 15 is 0 Å². The highest BCUT2D eigenvalue weighted by Gasteiger charge is 2.21. The molecule has 0 aliphatic carbocycles. The SMILES string of the molecule is CCCOC(=O)c1cccc(C(F)F)c1COc1ccn(C)n1. The number of alkyl halides is 2. The second-order valence-electron chi connectivity index (χ2n) is 4.93. The number of benzene rings is 1. The predicted molar refractivity (Wildman–Crippen MR) is 79.5 cm³/mol. The zero-order valence-corrected chi connectivity index (χ0v) is 13.0. The number of aromatic nitrogens is 2. The zero-order valence-electron chi connectivity index (χ0n) is 13.0. The van der Waals surface area contributed by atoms with Gasteiger partial charge in [-0.1, -0.05) is 19.1 Å². The molecule has 0 unspecified atom stereocenters. The molecule has 7 heteroatoms. The van der Waals surface area contributed by atoms with Gasteiger partial charge in [0.15, 0.2) is 0 Å². The molecule has 0 N–H and O–H groups in total. The van der Waals surface area contributed by atoms with E-state index in [4.69, 9.17) is 9.47 Å². The Balaban J connectivity index is 2.27. The second-order valence-corrected chi connectivity index (χ2v) is 4.93. The van der Waals surface area contributed by atoms with Crippen molar-refractivity contribution in [3.8, 4) is 5.88 Å². The van der Waals surface area contributed by atoms with Gasteiger partial charge in [0.2, 0.25) is 5.88 Å². The number of hydrogen-bond acceptors (Lipinski definition) is 4. The predicted octanol–water partition coefficient (Wildman–Crippen LogP) is 3.50. The van der Waals surface area contributed by atoms with Crippen LogP contribution in [-0.2, 0) is 18.4 Å². The third-order valence-electron chi connectivity index (χ3n) is 3.16. The van der Waals surface area contributed by atoms with Crippen molar-refractivity contribution in [2.75, 3.05) is 6.61 Å². The van der Waals surface area contributed by atoms with Gasteiger partial charge in [-0.3, -0.25) is 4.68 Å². The standard InChI is InChI=1S/C16H18F2N2O3/c1-3-9-22-16(21)12-6-4-5-11(15(17)18)13(12)10-23-14-7-8-20(2)19-14/h4-8,15H,3,9-10H2,1-2H3. The Morgan fingerprint density at radius 3 is 2.74 bits per heavy atom. The average molecular weight is 324 g/mol. The van der Waals surface area contributed by atoms with Gasteiger partial charge in [0.1, 0.15) is 6.61 Å². The van der Waals surface area contributed by atoms with Crippen LogP contribution >= 0.6 is 0 Å². The Kier molecular flexibility index (Phi) is 5.67. The van der Waals surface area contributed by atoms with Crippen LogP contribution in [-0.4, -0.2) is 22.4 Å². The lowest BCUT2D eigenvalue weighted by atomic mass is 10.0. The maximum atomic E-state index is 13.2. The summed E-state index contributed by atoms with van der Waals surface area (Å²) in [5.41, 5.74) is -0.0340. The Bertz CT molecular complexity index is 671.